The Morgan fingerprint density at radius 3 is 2.53 bits per heavy atom. The van der Waals surface area contributed by atoms with Crippen molar-refractivity contribution in [2.24, 2.45) is 0 Å². The predicted octanol–water partition coefficient (Wildman–Crippen LogP) is 0.920. The maximum atomic E-state index is 11.7. The molecule has 0 saturated heterocycles. The summed E-state index contributed by atoms with van der Waals surface area (Å²) in [7, 11) is -0.905. The van der Waals surface area contributed by atoms with Gasteiger partial charge in [-0.3, -0.25) is 9.52 Å². The molecule has 0 amide bonds. The first-order valence-corrected chi connectivity index (χ1v) is 6.97. The summed E-state index contributed by atoms with van der Waals surface area (Å²) in [5.74, 6) is -0.915. The van der Waals surface area contributed by atoms with E-state index < -0.39 is 28.2 Å². The second-order valence-electron chi connectivity index (χ2n) is 3.63. The van der Waals surface area contributed by atoms with Gasteiger partial charge in [-0.15, -0.1) is 0 Å². The summed E-state index contributed by atoms with van der Waals surface area (Å²) >= 11 is 0. The largest absolute Gasteiger partial charge is 0.497 e. The second kappa shape index (κ2) is 6.28. The van der Waals surface area contributed by atoms with E-state index in [1.54, 1.807) is 12.1 Å². The SMILES string of the molecule is COc1ccc(OC)c(NS(=O)(=O)CCC(=O)O)c1. The standard InChI is InChI=1S/C11H15NO6S/c1-17-8-3-4-10(18-2)9(7-8)12-19(15,16)6-5-11(13)14/h3-4,7,12H,5-6H2,1-2H3,(H,13,14). The normalized spacial score (nSPS) is 10.8. The van der Waals surface area contributed by atoms with E-state index in [-0.39, 0.29) is 5.69 Å². The molecule has 0 radical (unpaired) electrons. The molecular formula is C11H15NO6S. The van der Waals surface area contributed by atoms with Gasteiger partial charge in [-0.1, -0.05) is 0 Å². The van der Waals surface area contributed by atoms with E-state index in [1.165, 1.54) is 20.3 Å². The predicted molar refractivity (Wildman–Crippen MR) is 69.2 cm³/mol. The molecule has 7 nitrogen and oxygen atoms in total. The number of hydrogen-bond acceptors (Lipinski definition) is 5. The van der Waals surface area contributed by atoms with E-state index in [2.05, 4.69) is 4.72 Å². The van der Waals surface area contributed by atoms with Gasteiger partial charge >= 0.3 is 5.97 Å². The number of hydrogen-bond donors (Lipinski definition) is 2. The van der Waals surface area contributed by atoms with Gasteiger partial charge in [-0.25, -0.2) is 8.42 Å². The zero-order valence-corrected chi connectivity index (χ0v) is 11.4. The molecule has 1 rings (SSSR count). The first-order chi connectivity index (χ1) is 8.88. The highest BCUT2D eigenvalue weighted by Gasteiger charge is 2.16. The van der Waals surface area contributed by atoms with E-state index in [1.807, 2.05) is 0 Å². The molecule has 0 aliphatic rings. The maximum Gasteiger partial charge on any atom is 0.304 e. The Bertz CT molecular complexity index is 554. The van der Waals surface area contributed by atoms with Crippen LogP contribution in [-0.4, -0.2) is 39.5 Å². The fourth-order valence-electron chi connectivity index (χ4n) is 1.33. The first-order valence-electron chi connectivity index (χ1n) is 5.32. The molecule has 106 valence electrons. The highest BCUT2D eigenvalue weighted by atomic mass is 32.2. The van der Waals surface area contributed by atoms with Crippen LogP contribution in [0.2, 0.25) is 0 Å². The molecule has 2 N–H and O–H groups in total. The number of sulfonamides is 1. The molecule has 1 aromatic carbocycles. The number of nitrogens with one attached hydrogen (secondary N) is 1. The lowest BCUT2D eigenvalue weighted by Gasteiger charge is -2.12. The number of rotatable bonds is 7. The fraction of sp³-hybridized carbons (Fsp3) is 0.364. The van der Waals surface area contributed by atoms with E-state index in [0.29, 0.717) is 11.5 Å². The average molecular weight is 289 g/mol. The number of carboxylic acid groups (broad SMARTS) is 1. The molecule has 0 atom stereocenters. The lowest BCUT2D eigenvalue weighted by molar-refractivity contribution is -0.136. The zero-order chi connectivity index (χ0) is 14.5. The molecule has 1 aromatic rings. The van der Waals surface area contributed by atoms with Crippen LogP contribution in [0, 0.1) is 0 Å². The van der Waals surface area contributed by atoms with Crippen molar-refractivity contribution < 1.29 is 27.8 Å². The third kappa shape index (κ3) is 4.66. The smallest absolute Gasteiger partial charge is 0.304 e. The van der Waals surface area contributed by atoms with Crippen LogP contribution in [0.1, 0.15) is 6.42 Å². The summed E-state index contributed by atoms with van der Waals surface area (Å²) in [6, 6.07) is 4.62. The van der Waals surface area contributed by atoms with Crippen LogP contribution >= 0.6 is 0 Å². The Kier molecular flexibility index (Phi) is 4.99. The summed E-state index contributed by atoms with van der Waals surface area (Å²) in [5.41, 5.74) is 0.201. The molecule has 0 aliphatic carbocycles. The van der Waals surface area contributed by atoms with Gasteiger partial charge in [0.1, 0.15) is 11.5 Å². The Morgan fingerprint density at radius 2 is 2.00 bits per heavy atom. The minimum absolute atomic E-state index is 0.201. The number of methoxy groups -OCH3 is 2. The monoisotopic (exact) mass is 289 g/mol. The van der Waals surface area contributed by atoms with Crippen molar-refractivity contribution in [3.05, 3.63) is 18.2 Å². The lowest BCUT2D eigenvalue weighted by atomic mass is 10.3. The zero-order valence-electron chi connectivity index (χ0n) is 10.5. The van der Waals surface area contributed by atoms with Crippen LogP contribution in [0.3, 0.4) is 0 Å². The van der Waals surface area contributed by atoms with Crippen molar-refractivity contribution in [1.29, 1.82) is 0 Å². The van der Waals surface area contributed by atoms with Crippen molar-refractivity contribution in [2.75, 3.05) is 24.7 Å². The van der Waals surface area contributed by atoms with Gasteiger partial charge in [0.15, 0.2) is 0 Å². The van der Waals surface area contributed by atoms with E-state index in [0.717, 1.165) is 0 Å². The van der Waals surface area contributed by atoms with Gasteiger partial charge < -0.3 is 14.6 Å². The molecule has 19 heavy (non-hydrogen) atoms. The van der Waals surface area contributed by atoms with Crippen molar-refractivity contribution in [2.45, 2.75) is 6.42 Å². The summed E-state index contributed by atoms with van der Waals surface area (Å²) in [5, 5.41) is 8.49. The number of carbonyl (C=O) groups is 1. The number of aliphatic carboxylic acids is 1. The summed E-state index contributed by atoms with van der Waals surface area (Å²) in [4.78, 5) is 10.4. The molecular weight excluding hydrogens is 274 g/mol. The first kappa shape index (κ1) is 15.1. The number of ether oxygens (including phenoxy) is 2. The van der Waals surface area contributed by atoms with E-state index >= 15 is 0 Å². The van der Waals surface area contributed by atoms with Gasteiger partial charge in [0.2, 0.25) is 10.0 Å². The Balaban J connectivity index is 2.93. The maximum absolute atomic E-state index is 11.7. The van der Waals surface area contributed by atoms with Crippen molar-refractivity contribution in [1.82, 2.24) is 0 Å². The molecule has 0 unspecified atom stereocenters. The van der Waals surface area contributed by atoms with Crippen LogP contribution < -0.4 is 14.2 Å². The summed E-state index contributed by atoms with van der Waals surface area (Å²) in [6.45, 7) is 0. The second-order valence-corrected chi connectivity index (χ2v) is 5.47. The fourth-order valence-corrected chi connectivity index (χ4v) is 2.37. The molecule has 0 spiro atoms. The molecule has 8 heteroatoms. The van der Waals surface area contributed by atoms with Gasteiger partial charge in [-0.2, -0.15) is 0 Å². The van der Waals surface area contributed by atoms with Crippen molar-refractivity contribution in [3.63, 3.8) is 0 Å². The molecule has 0 aromatic heterocycles. The van der Waals surface area contributed by atoms with Gasteiger partial charge in [0.05, 0.1) is 32.1 Å². The van der Waals surface area contributed by atoms with Crippen molar-refractivity contribution >= 4 is 21.7 Å². The Labute approximate surface area is 111 Å². The average Bonchev–Trinajstić information content (AvgIpc) is 2.36. The van der Waals surface area contributed by atoms with Crippen LogP contribution in [-0.2, 0) is 14.8 Å². The van der Waals surface area contributed by atoms with E-state index in [4.69, 9.17) is 14.6 Å². The quantitative estimate of drug-likeness (QED) is 0.774. The van der Waals surface area contributed by atoms with Crippen LogP contribution in [0.4, 0.5) is 5.69 Å². The van der Waals surface area contributed by atoms with Gasteiger partial charge in [-0.05, 0) is 12.1 Å². The van der Waals surface area contributed by atoms with Crippen LogP contribution in [0.5, 0.6) is 11.5 Å². The van der Waals surface area contributed by atoms with Crippen molar-refractivity contribution in [3.8, 4) is 11.5 Å². The summed E-state index contributed by atoms with van der Waals surface area (Å²) < 4.78 is 35.7. The minimum Gasteiger partial charge on any atom is -0.497 e. The van der Waals surface area contributed by atoms with Crippen LogP contribution in [0.15, 0.2) is 18.2 Å². The lowest BCUT2D eigenvalue weighted by Crippen LogP contribution is -2.19. The van der Waals surface area contributed by atoms with Gasteiger partial charge in [0, 0.05) is 6.07 Å². The van der Waals surface area contributed by atoms with Gasteiger partial charge in [0.25, 0.3) is 0 Å². The molecule has 0 aliphatic heterocycles. The highest BCUT2D eigenvalue weighted by molar-refractivity contribution is 7.92. The van der Waals surface area contributed by atoms with Crippen LogP contribution in [0.25, 0.3) is 0 Å². The molecule has 0 heterocycles. The molecule has 0 bridgehead atoms. The molecule has 0 fully saturated rings. The third-order valence-corrected chi connectivity index (χ3v) is 3.53. The highest BCUT2D eigenvalue weighted by Crippen LogP contribution is 2.29. The number of benzene rings is 1. The Hall–Kier alpha value is -1.96. The minimum atomic E-state index is -3.75. The topological polar surface area (TPSA) is 102 Å². The Morgan fingerprint density at radius 1 is 1.32 bits per heavy atom. The number of anilines is 1. The molecule has 0 saturated carbocycles. The van der Waals surface area contributed by atoms with E-state index in [9.17, 15) is 13.2 Å². The third-order valence-electron chi connectivity index (χ3n) is 2.26. The summed E-state index contributed by atoms with van der Waals surface area (Å²) in [6.07, 6.45) is -0.471. The number of carboxylic acids is 1.